The van der Waals surface area contributed by atoms with Gasteiger partial charge in [0.05, 0.1) is 6.10 Å². The quantitative estimate of drug-likeness (QED) is 0.780. The van der Waals surface area contributed by atoms with Crippen LogP contribution in [0.2, 0.25) is 0 Å². The van der Waals surface area contributed by atoms with Crippen molar-refractivity contribution in [1.29, 1.82) is 0 Å². The molecular formula is C21H27NO3. The van der Waals surface area contributed by atoms with Gasteiger partial charge in [-0.15, -0.1) is 0 Å². The molecule has 4 heteroatoms. The van der Waals surface area contributed by atoms with Crippen LogP contribution in [0.4, 0.5) is 5.69 Å². The highest BCUT2D eigenvalue weighted by atomic mass is 16.5. The number of rotatable bonds is 7. The summed E-state index contributed by atoms with van der Waals surface area (Å²) in [6, 6.07) is 13.3. The number of nitrogens with one attached hydrogen (secondary N) is 1. The Morgan fingerprint density at radius 1 is 1.08 bits per heavy atom. The molecule has 0 aliphatic rings. The molecule has 0 spiro atoms. The fraction of sp³-hybridized carbons (Fsp3) is 0.381. The second-order valence-electron chi connectivity index (χ2n) is 6.47. The van der Waals surface area contributed by atoms with E-state index in [9.17, 15) is 4.79 Å². The SMILES string of the molecule is CC[C@H](Oc1ccc(C)cc1C)C(=O)Nc1cccc(OC(C)C)c1. The van der Waals surface area contributed by atoms with Crippen LogP contribution in [0.3, 0.4) is 0 Å². The van der Waals surface area contributed by atoms with Gasteiger partial charge in [-0.25, -0.2) is 0 Å². The number of anilines is 1. The normalized spacial score (nSPS) is 11.9. The molecule has 0 aliphatic carbocycles. The van der Waals surface area contributed by atoms with E-state index in [1.54, 1.807) is 0 Å². The third-order valence-electron chi connectivity index (χ3n) is 3.74. The maximum Gasteiger partial charge on any atom is 0.265 e. The molecule has 0 aliphatic heterocycles. The molecule has 2 aromatic rings. The third kappa shape index (κ3) is 5.52. The van der Waals surface area contributed by atoms with Gasteiger partial charge in [-0.05, 0) is 57.9 Å². The maximum absolute atomic E-state index is 12.6. The number of carbonyl (C=O) groups excluding carboxylic acids is 1. The molecule has 2 rings (SSSR count). The lowest BCUT2D eigenvalue weighted by molar-refractivity contribution is -0.122. The van der Waals surface area contributed by atoms with Crippen LogP contribution in [0.1, 0.15) is 38.3 Å². The van der Waals surface area contributed by atoms with E-state index in [0.717, 1.165) is 17.1 Å². The predicted octanol–water partition coefficient (Wildman–Crippen LogP) is 4.89. The first-order chi connectivity index (χ1) is 11.9. The molecule has 0 fully saturated rings. The van der Waals surface area contributed by atoms with E-state index in [4.69, 9.17) is 9.47 Å². The number of carbonyl (C=O) groups is 1. The molecule has 4 nitrogen and oxygen atoms in total. The van der Waals surface area contributed by atoms with Gasteiger partial charge in [0.1, 0.15) is 11.5 Å². The van der Waals surface area contributed by atoms with Gasteiger partial charge in [0.2, 0.25) is 0 Å². The zero-order valence-corrected chi connectivity index (χ0v) is 15.6. The molecule has 134 valence electrons. The molecule has 1 atom stereocenters. The molecule has 0 bridgehead atoms. The molecule has 0 heterocycles. The van der Waals surface area contributed by atoms with Gasteiger partial charge in [0, 0.05) is 11.8 Å². The number of hydrogen-bond acceptors (Lipinski definition) is 3. The first-order valence-corrected chi connectivity index (χ1v) is 8.70. The van der Waals surface area contributed by atoms with Gasteiger partial charge in [-0.3, -0.25) is 4.79 Å². The molecule has 0 unspecified atom stereocenters. The van der Waals surface area contributed by atoms with Crippen molar-refractivity contribution >= 4 is 11.6 Å². The monoisotopic (exact) mass is 341 g/mol. The summed E-state index contributed by atoms with van der Waals surface area (Å²) < 4.78 is 11.6. The Morgan fingerprint density at radius 2 is 1.84 bits per heavy atom. The summed E-state index contributed by atoms with van der Waals surface area (Å²) in [7, 11) is 0. The molecule has 0 radical (unpaired) electrons. The fourth-order valence-corrected chi connectivity index (χ4v) is 2.55. The highest BCUT2D eigenvalue weighted by Crippen LogP contribution is 2.22. The molecule has 2 aromatic carbocycles. The Balaban J connectivity index is 2.07. The van der Waals surface area contributed by atoms with Crippen LogP contribution in [0.5, 0.6) is 11.5 Å². The summed E-state index contributed by atoms with van der Waals surface area (Å²) in [5, 5.41) is 2.91. The van der Waals surface area contributed by atoms with Crippen LogP contribution in [0, 0.1) is 13.8 Å². The van der Waals surface area contributed by atoms with Crippen LogP contribution < -0.4 is 14.8 Å². The third-order valence-corrected chi connectivity index (χ3v) is 3.74. The van der Waals surface area contributed by atoms with Crippen LogP contribution in [-0.2, 0) is 4.79 Å². The standard InChI is InChI=1S/C21H27NO3/c1-6-19(25-20-11-10-15(4)12-16(20)5)21(23)22-17-8-7-9-18(13-17)24-14(2)3/h7-14,19H,6H2,1-5H3,(H,22,23)/t19-/m0/s1. The van der Waals surface area contributed by atoms with E-state index in [1.807, 2.05) is 77.1 Å². The zero-order valence-electron chi connectivity index (χ0n) is 15.6. The largest absolute Gasteiger partial charge is 0.491 e. The van der Waals surface area contributed by atoms with Gasteiger partial charge in [0.25, 0.3) is 5.91 Å². The van der Waals surface area contributed by atoms with Gasteiger partial charge < -0.3 is 14.8 Å². The lowest BCUT2D eigenvalue weighted by Gasteiger charge is -2.19. The summed E-state index contributed by atoms with van der Waals surface area (Å²) in [6.45, 7) is 9.89. The van der Waals surface area contributed by atoms with Crippen LogP contribution in [0.25, 0.3) is 0 Å². The number of hydrogen-bond donors (Lipinski definition) is 1. The summed E-state index contributed by atoms with van der Waals surface area (Å²) in [6.07, 6.45) is 0.125. The summed E-state index contributed by atoms with van der Waals surface area (Å²) in [4.78, 5) is 12.6. The Kier molecular flexibility index (Phi) is 6.45. The molecule has 1 N–H and O–H groups in total. The molecular weight excluding hydrogens is 314 g/mol. The second-order valence-corrected chi connectivity index (χ2v) is 6.47. The number of ether oxygens (including phenoxy) is 2. The Bertz CT molecular complexity index is 725. The lowest BCUT2D eigenvalue weighted by Crippen LogP contribution is -2.32. The van der Waals surface area contributed by atoms with E-state index in [0.29, 0.717) is 12.1 Å². The zero-order chi connectivity index (χ0) is 18.4. The van der Waals surface area contributed by atoms with Crippen molar-refractivity contribution in [1.82, 2.24) is 0 Å². The summed E-state index contributed by atoms with van der Waals surface area (Å²) >= 11 is 0. The Morgan fingerprint density at radius 3 is 2.48 bits per heavy atom. The van der Waals surface area contributed by atoms with Crippen LogP contribution >= 0.6 is 0 Å². The molecule has 0 saturated heterocycles. The summed E-state index contributed by atoms with van der Waals surface area (Å²) in [5.74, 6) is 1.31. The molecule has 0 aromatic heterocycles. The smallest absolute Gasteiger partial charge is 0.265 e. The van der Waals surface area contributed by atoms with Gasteiger partial charge in [-0.2, -0.15) is 0 Å². The van der Waals surface area contributed by atoms with Crippen molar-refractivity contribution in [2.45, 2.75) is 53.2 Å². The average Bonchev–Trinajstić information content (AvgIpc) is 2.53. The maximum atomic E-state index is 12.6. The fourth-order valence-electron chi connectivity index (χ4n) is 2.55. The van der Waals surface area contributed by atoms with Crippen LogP contribution in [0.15, 0.2) is 42.5 Å². The minimum Gasteiger partial charge on any atom is -0.491 e. The number of amides is 1. The average molecular weight is 341 g/mol. The number of benzene rings is 2. The molecule has 25 heavy (non-hydrogen) atoms. The first-order valence-electron chi connectivity index (χ1n) is 8.70. The minimum atomic E-state index is -0.545. The topological polar surface area (TPSA) is 47.6 Å². The van der Waals surface area contributed by atoms with E-state index >= 15 is 0 Å². The van der Waals surface area contributed by atoms with E-state index in [2.05, 4.69) is 5.32 Å². The van der Waals surface area contributed by atoms with E-state index < -0.39 is 6.10 Å². The van der Waals surface area contributed by atoms with Gasteiger partial charge in [-0.1, -0.05) is 30.7 Å². The molecule has 1 amide bonds. The summed E-state index contributed by atoms with van der Waals surface area (Å²) in [5.41, 5.74) is 2.90. The Hall–Kier alpha value is -2.49. The van der Waals surface area contributed by atoms with Gasteiger partial charge in [0.15, 0.2) is 6.10 Å². The highest BCUT2D eigenvalue weighted by molar-refractivity contribution is 5.94. The van der Waals surface area contributed by atoms with Crippen molar-refractivity contribution in [2.24, 2.45) is 0 Å². The molecule has 0 saturated carbocycles. The van der Waals surface area contributed by atoms with Crippen molar-refractivity contribution in [3.05, 3.63) is 53.6 Å². The van der Waals surface area contributed by atoms with Crippen LogP contribution in [-0.4, -0.2) is 18.1 Å². The second kappa shape index (κ2) is 8.56. The van der Waals surface area contributed by atoms with Crippen molar-refractivity contribution in [3.63, 3.8) is 0 Å². The Labute approximate surface area is 150 Å². The first kappa shape index (κ1) is 18.8. The van der Waals surface area contributed by atoms with Gasteiger partial charge >= 0.3 is 0 Å². The van der Waals surface area contributed by atoms with E-state index in [-0.39, 0.29) is 12.0 Å². The number of aryl methyl sites for hydroxylation is 2. The van der Waals surface area contributed by atoms with E-state index in [1.165, 1.54) is 5.56 Å². The van der Waals surface area contributed by atoms with Crippen molar-refractivity contribution < 1.29 is 14.3 Å². The predicted molar refractivity (Wildman–Crippen MR) is 101 cm³/mol. The minimum absolute atomic E-state index is 0.0854. The van der Waals surface area contributed by atoms with Crippen molar-refractivity contribution in [2.75, 3.05) is 5.32 Å². The highest BCUT2D eigenvalue weighted by Gasteiger charge is 2.19. The van der Waals surface area contributed by atoms with Crippen molar-refractivity contribution in [3.8, 4) is 11.5 Å². The lowest BCUT2D eigenvalue weighted by atomic mass is 10.1.